The number of carbonyl (C=O) groups excluding carboxylic acids is 1. The summed E-state index contributed by atoms with van der Waals surface area (Å²) in [6.45, 7) is 3.07. The highest BCUT2D eigenvalue weighted by Gasteiger charge is 2.19. The van der Waals surface area contributed by atoms with Gasteiger partial charge in [-0.25, -0.2) is 4.68 Å². The van der Waals surface area contributed by atoms with Crippen LogP contribution in [0.1, 0.15) is 24.0 Å². The van der Waals surface area contributed by atoms with Gasteiger partial charge in [0.2, 0.25) is 0 Å². The zero-order chi connectivity index (χ0) is 23.2. The van der Waals surface area contributed by atoms with Crippen molar-refractivity contribution in [3.05, 3.63) is 71.4 Å². The SMILES string of the molecule is COc1ccc(-c2nn(-c3ccccc3)cc2/C=C(/C#N)C(=O)NC[C@@H]2CCCO2)cc1C. The molecular weight excluding hydrogens is 416 g/mol. The van der Waals surface area contributed by atoms with Gasteiger partial charge in [0.05, 0.1) is 18.9 Å². The normalized spacial score (nSPS) is 15.8. The summed E-state index contributed by atoms with van der Waals surface area (Å²) in [6.07, 6.45) is 5.33. The Balaban J connectivity index is 1.70. The number of methoxy groups -OCH3 is 1. The molecule has 0 bridgehead atoms. The van der Waals surface area contributed by atoms with Gasteiger partial charge in [0.25, 0.3) is 5.91 Å². The van der Waals surface area contributed by atoms with E-state index in [1.165, 1.54) is 0 Å². The van der Waals surface area contributed by atoms with Crippen molar-refractivity contribution in [2.75, 3.05) is 20.3 Å². The maximum absolute atomic E-state index is 12.7. The molecular formula is C26H26N4O3. The first-order valence-electron chi connectivity index (χ1n) is 10.9. The van der Waals surface area contributed by atoms with Crippen molar-refractivity contribution in [2.45, 2.75) is 25.9 Å². The van der Waals surface area contributed by atoms with E-state index in [1.54, 1.807) is 17.9 Å². The van der Waals surface area contributed by atoms with Crippen LogP contribution < -0.4 is 10.1 Å². The lowest BCUT2D eigenvalue weighted by Gasteiger charge is -2.10. The van der Waals surface area contributed by atoms with Crippen LogP contribution in [-0.2, 0) is 9.53 Å². The number of nitrogens with zero attached hydrogens (tertiary/aromatic N) is 3. The van der Waals surface area contributed by atoms with E-state index in [0.29, 0.717) is 24.4 Å². The highest BCUT2D eigenvalue weighted by Crippen LogP contribution is 2.29. The van der Waals surface area contributed by atoms with E-state index < -0.39 is 5.91 Å². The molecule has 1 aromatic heterocycles. The number of carbonyl (C=O) groups is 1. The van der Waals surface area contributed by atoms with E-state index in [1.807, 2.05) is 67.7 Å². The van der Waals surface area contributed by atoms with Crippen molar-refractivity contribution in [3.63, 3.8) is 0 Å². The van der Waals surface area contributed by atoms with Crippen LogP contribution in [0.5, 0.6) is 5.75 Å². The van der Waals surface area contributed by atoms with E-state index in [-0.39, 0.29) is 11.7 Å². The summed E-state index contributed by atoms with van der Waals surface area (Å²) in [4.78, 5) is 12.7. The summed E-state index contributed by atoms with van der Waals surface area (Å²) in [6, 6.07) is 17.5. The Labute approximate surface area is 193 Å². The summed E-state index contributed by atoms with van der Waals surface area (Å²) in [7, 11) is 1.63. The Morgan fingerprint density at radius 3 is 2.82 bits per heavy atom. The third kappa shape index (κ3) is 5.13. The van der Waals surface area contributed by atoms with Crippen LogP contribution >= 0.6 is 0 Å². The maximum atomic E-state index is 12.7. The Bertz CT molecular complexity index is 1200. The molecule has 2 aromatic carbocycles. The van der Waals surface area contributed by atoms with Gasteiger partial charge in [-0.15, -0.1) is 0 Å². The van der Waals surface area contributed by atoms with Gasteiger partial charge in [-0.3, -0.25) is 4.79 Å². The van der Waals surface area contributed by atoms with Gasteiger partial charge >= 0.3 is 0 Å². The number of benzene rings is 2. The van der Waals surface area contributed by atoms with Gasteiger partial charge in [0.15, 0.2) is 0 Å². The average Bonchev–Trinajstić information content (AvgIpc) is 3.51. The van der Waals surface area contributed by atoms with E-state index in [9.17, 15) is 10.1 Å². The highest BCUT2D eigenvalue weighted by atomic mass is 16.5. The average molecular weight is 443 g/mol. The van der Waals surface area contributed by atoms with Gasteiger partial charge in [0, 0.05) is 30.5 Å². The third-order valence-corrected chi connectivity index (χ3v) is 5.61. The number of rotatable bonds is 7. The lowest BCUT2D eigenvalue weighted by atomic mass is 10.0. The first kappa shape index (κ1) is 22.3. The first-order chi connectivity index (χ1) is 16.1. The number of para-hydroxylation sites is 1. The van der Waals surface area contributed by atoms with Crippen molar-refractivity contribution in [1.29, 1.82) is 5.26 Å². The molecule has 168 valence electrons. The van der Waals surface area contributed by atoms with Crippen LogP contribution in [0.3, 0.4) is 0 Å². The largest absolute Gasteiger partial charge is 0.496 e. The Kier molecular flexibility index (Phi) is 6.86. The maximum Gasteiger partial charge on any atom is 0.262 e. The van der Waals surface area contributed by atoms with Crippen molar-refractivity contribution >= 4 is 12.0 Å². The first-order valence-corrected chi connectivity index (χ1v) is 10.9. The van der Waals surface area contributed by atoms with Gasteiger partial charge in [0.1, 0.15) is 23.1 Å². The molecule has 1 atom stereocenters. The number of hydrogen-bond acceptors (Lipinski definition) is 5. The van der Waals surface area contributed by atoms with Gasteiger partial charge < -0.3 is 14.8 Å². The number of aryl methyl sites for hydroxylation is 1. The molecule has 0 radical (unpaired) electrons. The minimum Gasteiger partial charge on any atom is -0.496 e. The van der Waals surface area contributed by atoms with E-state index in [0.717, 1.165) is 35.4 Å². The number of ether oxygens (including phenoxy) is 2. The quantitative estimate of drug-likeness (QED) is 0.440. The van der Waals surface area contributed by atoms with Crippen molar-refractivity contribution in [3.8, 4) is 28.8 Å². The lowest BCUT2D eigenvalue weighted by Crippen LogP contribution is -2.32. The summed E-state index contributed by atoms with van der Waals surface area (Å²) in [5.41, 5.74) is 4.08. The van der Waals surface area contributed by atoms with Crippen LogP contribution in [0, 0.1) is 18.3 Å². The molecule has 33 heavy (non-hydrogen) atoms. The minimum atomic E-state index is -0.419. The molecule has 1 saturated heterocycles. The van der Waals surface area contributed by atoms with Crippen LogP contribution in [0.15, 0.2) is 60.3 Å². The Hall–Kier alpha value is -3.89. The fourth-order valence-electron chi connectivity index (χ4n) is 3.87. The molecule has 7 heteroatoms. The summed E-state index contributed by atoms with van der Waals surface area (Å²) in [5, 5.41) is 17.3. The van der Waals surface area contributed by atoms with Gasteiger partial charge in [-0.05, 0) is 61.7 Å². The number of hydrogen-bond donors (Lipinski definition) is 1. The van der Waals surface area contributed by atoms with Crippen LogP contribution in [-0.4, -0.2) is 42.1 Å². The van der Waals surface area contributed by atoms with Crippen molar-refractivity contribution < 1.29 is 14.3 Å². The Morgan fingerprint density at radius 1 is 1.33 bits per heavy atom. The lowest BCUT2D eigenvalue weighted by molar-refractivity contribution is -0.117. The second-order valence-corrected chi connectivity index (χ2v) is 7.91. The molecule has 1 N–H and O–H groups in total. The van der Waals surface area contributed by atoms with Crippen LogP contribution in [0.2, 0.25) is 0 Å². The number of nitrogens with one attached hydrogen (secondary N) is 1. The topological polar surface area (TPSA) is 89.2 Å². The molecule has 0 saturated carbocycles. The molecule has 1 fully saturated rings. The van der Waals surface area contributed by atoms with Crippen molar-refractivity contribution in [2.24, 2.45) is 0 Å². The summed E-state index contributed by atoms with van der Waals surface area (Å²) >= 11 is 0. The third-order valence-electron chi connectivity index (χ3n) is 5.61. The van der Waals surface area contributed by atoms with Crippen molar-refractivity contribution in [1.82, 2.24) is 15.1 Å². The molecule has 0 aliphatic carbocycles. The molecule has 3 aromatic rings. The number of aromatic nitrogens is 2. The van der Waals surface area contributed by atoms with E-state index in [2.05, 4.69) is 5.32 Å². The smallest absolute Gasteiger partial charge is 0.262 e. The Morgan fingerprint density at radius 2 is 2.15 bits per heavy atom. The minimum absolute atomic E-state index is 0.00700. The predicted octanol–water partition coefficient (Wildman–Crippen LogP) is 4.06. The molecule has 1 aliphatic rings. The predicted molar refractivity (Wildman–Crippen MR) is 126 cm³/mol. The van der Waals surface area contributed by atoms with Crippen LogP contribution in [0.25, 0.3) is 23.0 Å². The zero-order valence-corrected chi connectivity index (χ0v) is 18.7. The zero-order valence-electron chi connectivity index (χ0n) is 18.7. The highest BCUT2D eigenvalue weighted by molar-refractivity contribution is 6.02. The molecule has 2 heterocycles. The number of amides is 1. The van der Waals surface area contributed by atoms with Crippen LogP contribution in [0.4, 0.5) is 0 Å². The molecule has 1 amide bonds. The second kappa shape index (κ2) is 10.2. The molecule has 0 spiro atoms. The summed E-state index contributed by atoms with van der Waals surface area (Å²) in [5.74, 6) is 0.363. The van der Waals surface area contributed by atoms with E-state index in [4.69, 9.17) is 14.6 Å². The standard InChI is InChI=1S/C26H26N4O3/c1-18-13-19(10-11-24(18)32-2)25-21(17-30(29-25)22-7-4-3-5-8-22)14-20(15-27)26(31)28-16-23-9-6-12-33-23/h3-5,7-8,10-11,13-14,17,23H,6,9,12,16H2,1-2H3,(H,28,31)/b20-14-/t23-/m0/s1. The fraction of sp³-hybridized carbons (Fsp3) is 0.269. The molecule has 1 aliphatic heterocycles. The second-order valence-electron chi connectivity index (χ2n) is 7.91. The van der Waals surface area contributed by atoms with Gasteiger partial charge in [-0.2, -0.15) is 10.4 Å². The molecule has 7 nitrogen and oxygen atoms in total. The molecule has 4 rings (SSSR count). The fourth-order valence-corrected chi connectivity index (χ4v) is 3.87. The summed E-state index contributed by atoms with van der Waals surface area (Å²) < 4.78 is 12.7. The molecule has 0 unspecified atom stereocenters. The monoisotopic (exact) mass is 442 g/mol. The van der Waals surface area contributed by atoms with Gasteiger partial charge in [-0.1, -0.05) is 18.2 Å². The van der Waals surface area contributed by atoms with E-state index >= 15 is 0 Å². The number of nitriles is 1.